The minimum Gasteiger partial charge on any atom is -0.497 e. The average molecular weight is 360 g/mol. The quantitative estimate of drug-likeness (QED) is 0.741. The molecule has 0 aliphatic heterocycles. The number of benzene rings is 1. The van der Waals surface area contributed by atoms with E-state index in [4.69, 9.17) is 4.74 Å². The van der Waals surface area contributed by atoms with Gasteiger partial charge in [-0.05, 0) is 60.6 Å². The molecule has 2 aliphatic carbocycles. The zero-order valence-electron chi connectivity index (χ0n) is 17.2. The van der Waals surface area contributed by atoms with Crippen molar-refractivity contribution < 1.29 is 9.53 Å². The van der Waals surface area contributed by atoms with Gasteiger partial charge in [0.2, 0.25) is 5.91 Å². The first-order valence-corrected chi connectivity index (χ1v) is 10.3. The van der Waals surface area contributed by atoms with Gasteiger partial charge in [-0.25, -0.2) is 0 Å². The third-order valence-electron chi connectivity index (χ3n) is 6.41. The van der Waals surface area contributed by atoms with Crippen LogP contribution in [0.5, 0.6) is 5.75 Å². The van der Waals surface area contributed by atoms with E-state index in [1.165, 1.54) is 56.9 Å². The number of rotatable bonds is 5. The molecule has 2 aliphatic rings. The second kappa shape index (κ2) is 9.43. The predicted octanol–water partition coefficient (Wildman–Crippen LogP) is 5.62. The summed E-state index contributed by atoms with van der Waals surface area (Å²) in [5.74, 6) is 1.05. The highest BCUT2D eigenvalue weighted by Gasteiger charge is 2.30. The smallest absolute Gasteiger partial charge is 0.216 e. The van der Waals surface area contributed by atoms with Crippen molar-refractivity contribution in [2.45, 2.75) is 84.0 Å². The number of carbonyl (C=O) groups is 1. The van der Waals surface area contributed by atoms with E-state index in [9.17, 15) is 4.79 Å². The molecule has 146 valence electrons. The summed E-state index contributed by atoms with van der Waals surface area (Å²) in [6.07, 6.45) is 12.0. The Bertz CT molecular complexity index is 552. The standard InChI is InChI=1S/C13H18O.C10H19NO/c1-13(9-3-4-10-13)11-5-7-12(14-2)8-6-11;1-9(12)11-8-7-10(2)5-3-4-6-10/h5-8H,3-4,9-10H2,1-2H3;3-8H2,1-2H3,(H,11,12). The Morgan fingerprint density at radius 2 is 1.54 bits per heavy atom. The normalized spacial score (nSPS) is 20.2. The molecule has 3 heteroatoms. The van der Waals surface area contributed by atoms with Gasteiger partial charge in [-0.15, -0.1) is 0 Å². The molecular weight excluding hydrogens is 322 g/mol. The Kier molecular flexibility index (Phi) is 7.55. The Labute approximate surface area is 159 Å². The van der Waals surface area contributed by atoms with Crippen LogP contribution in [0.4, 0.5) is 0 Å². The van der Waals surface area contributed by atoms with E-state index in [2.05, 4.69) is 43.4 Å². The van der Waals surface area contributed by atoms with Crippen LogP contribution in [0.25, 0.3) is 0 Å². The number of hydrogen-bond acceptors (Lipinski definition) is 2. The van der Waals surface area contributed by atoms with Crippen LogP contribution in [0.3, 0.4) is 0 Å². The van der Waals surface area contributed by atoms with Gasteiger partial charge < -0.3 is 10.1 Å². The first kappa shape index (κ1) is 20.8. The predicted molar refractivity (Wildman–Crippen MR) is 109 cm³/mol. The maximum Gasteiger partial charge on any atom is 0.216 e. The Balaban J connectivity index is 0.000000190. The summed E-state index contributed by atoms with van der Waals surface area (Å²) in [5, 5.41) is 2.86. The number of methoxy groups -OCH3 is 1. The summed E-state index contributed by atoms with van der Waals surface area (Å²) >= 11 is 0. The molecule has 26 heavy (non-hydrogen) atoms. The third-order valence-corrected chi connectivity index (χ3v) is 6.41. The van der Waals surface area contributed by atoms with Crippen LogP contribution in [-0.4, -0.2) is 19.6 Å². The summed E-state index contributed by atoms with van der Waals surface area (Å²) in [6.45, 7) is 7.15. The van der Waals surface area contributed by atoms with Crippen LogP contribution in [0.2, 0.25) is 0 Å². The maximum atomic E-state index is 10.6. The van der Waals surface area contributed by atoms with Gasteiger partial charge >= 0.3 is 0 Å². The molecule has 0 atom stereocenters. The SMILES string of the molecule is CC(=O)NCCC1(C)CCCC1.COc1ccc(C2(C)CCCC2)cc1. The molecule has 1 amide bonds. The molecule has 1 N–H and O–H groups in total. The van der Waals surface area contributed by atoms with Gasteiger partial charge in [0.15, 0.2) is 0 Å². The Morgan fingerprint density at radius 1 is 1.00 bits per heavy atom. The molecule has 3 rings (SSSR count). The Hall–Kier alpha value is -1.51. The molecule has 0 heterocycles. The van der Waals surface area contributed by atoms with Crippen molar-refractivity contribution in [1.82, 2.24) is 5.32 Å². The van der Waals surface area contributed by atoms with Crippen molar-refractivity contribution in [2.24, 2.45) is 5.41 Å². The van der Waals surface area contributed by atoms with Crippen LogP contribution >= 0.6 is 0 Å². The lowest BCUT2D eigenvalue weighted by Gasteiger charge is -2.24. The number of nitrogens with one attached hydrogen (secondary N) is 1. The van der Waals surface area contributed by atoms with Crippen molar-refractivity contribution in [2.75, 3.05) is 13.7 Å². The average Bonchev–Trinajstić information content (AvgIpc) is 3.25. The van der Waals surface area contributed by atoms with Crippen LogP contribution in [0.1, 0.15) is 84.1 Å². The summed E-state index contributed by atoms with van der Waals surface area (Å²) in [7, 11) is 1.71. The number of carbonyl (C=O) groups excluding carboxylic acids is 1. The molecule has 2 saturated carbocycles. The van der Waals surface area contributed by atoms with Gasteiger partial charge in [0, 0.05) is 13.5 Å². The van der Waals surface area contributed by atoms with E-state index in [1.54, 1.807) is 14.0 Å². The van der Waals surface area contributed by atoms with Crippen LogP contribution in [0.15, 0.2) is 24.3 Å². The van der Waals surface area contributed by atoms with Crippen LogP contribution in [-0.2, 0) is 10.2 Å². The van der Waals surface area contributed by atoms with Crippen molar-refractivity contribution in [3.05, 3.63) is 29.8 Å². The summed E-state index contributed by atoms with van der Waals surface area (Å²) in [5.41, 5.74) is 2.41. The van der Waals surface area contributed by atoms with Crippen LogP contribution in [0, 0.1) is 5.41 Å². The van der Waals surface area contributed by atoms with E-state index in [0.29, 0.717) is 10.8 Å². The number of amides is 1. The highest BCUT2D eigenvalue weighted by Crippen LogP contribution is 2.41. The molecule has 1 aromatic rings. The number of hydrogen-bond donors (Lipinski definition) is 1. The lowest BCUT2D eigenvalue weighted by atomic mass is 9.81. The summed E-state index contributed by atoms with van der Waals surface area (Å²) < 4.78 is 5.16. The second-order valence-electron chi connectivity index (χ2n) is 8.75. The maximum absolute atomic E-state index is 10.6. The minimum atomic E-state index is 0.0941. The van der Waals surface area contributed by atoms with Gasteiger partial charge in [-0.3, -0.25) is 4.79 Å². The van der Waals surface area contributed by atoms with Gasteiger partial charge in [-0.2, -0.15) is 0 Å². The largest absolute Gasteiger partial charge is 0.497 e. The zero-order chi connectivity index (χ0) is 19.0. The molecule has 2 fully saturated rings. The lowest BCUT2D eigenvalue weighted by molar-refractivity contribution is -0.119. The van der Waals surface area contributed by atoms with Gasteiger partial charge in [0.25, 0.3) is 0 Å². The number of ether oxygens (including phenoxy) is 1. The van der Waals surface area contributed by atoms with E-state index < -0.39 is 0 Å². The first-order valence-electron chi connectivity index (χ1n) is 10.3. The Morgan fingerprint density at radius 3 is 2.04 bits per heavy atom. The molecule has 3 nitrogen and oxygen atoms in total. The fourth-order valence-electron chi connectivity index (χ4n) is 4.46. The zero-order valence-corrected chi connectivity index (χ0v) is 17.2. The van der Waals surface area contributed by atoms with Crippen molar-refractivity contribution in [3.8, 4) is 5.75 Å². The molecule has 0 radical (unpaired) electrons. The van der Waals surface area contributed by atoms with E-state index in [1.807, 2.05) is 0 Å². The molecule has 0 spiro atoms. The lowest BCUT2D eigenvalue weighted by Crippen LogP contribution is -2.25. The molecular formula is C23H37NO2. The highest BCUT2D eigenvalue weighted by molar-refractivity contribution is 5.72. The fourth-order valence-corrected chi connectivity index (χ4v) is 4.46. The fraction of sp³-hybridized carbons (Fsp3) is 0.696. The summed E-state index contributed by atoms with van der Waals surface area (Å²) in [4.78, 5) is 10.6. The van der Waals surface area contributed by atoms with Gasteiger partial charge in [0.1, 0.15) is 5.75 Å². The van der Waals surface area contributed by atoms with Crippen molar-refractivity contribution in [3.63, 3.8) is 0 Å². The second-order valence-corrected chi connectivity index (χ2v) is 8.75. The molecule has 0 bridgehead atoms. The van der Waals surface area contributed by atoms with Crippen molar-refractivity contribution >= 4 is 5.91 Å². The van der Waals surface area contributed by atoms with Crippen LogP contribution < -0.4 is 10.1 Å². The molecule has 0 aromatic heterocycles. The monoisotopic (exact) mass is 359 g/mol. The van der Waals surface area contributed by atoms with Gasteiger partial charge in [-0.1, -0.05) is 51.7 Å². The molecule has 0 unspecified atom stereocenters. The highest BCUT2D eigenvalue weighted by atomic mass is 16.5. The minimum absolute atomic E-state index is 0.0941. The van der Waals surface area contributed by atoms with Gasteiger partial charge in [0.05, 0.1) is 7.11 Å². The van der Waals surface area contributed by atoms with E-state index in [0.717, 1.165) is 18.7 Å². The van der Waals surface area contributed by atoms with Crippen molar-refractivity contribution in [1.29, 1.82) is 0 Å². The molecule has 0 saturated heterocycles. The first-order chi connectivity index (χ1) is 12.4. The van der Waals surface area contributed by atoms with E-state index >= 15 is 0 Å². The topological polar surface area (TPSA) is 38.3 Å². The van der Waals surface area contributed by atoms with E-state index in [-0.39, 0.29) is 5.91 Å². The third kappa shape index (κ3) is 6.03. The summed E-state index contributed by atoms with van der Waals surface area (Å²) in [6, 6.07) is 8.56. The molecule has 1 aromatic carbocycles.